The Bertz CT molecular complexity index is 877. The van der Waals surface area contributed by atoms with E-state index in [-0.39, 0.29) is 31.6 Å². The van der Waals surface area contributed by atoms with E-state index in [1.807, 2.05) is 18.2 Å². The van der Waals surface area contributed by atoms with E-state index in [9.17, 15) is 15.0 Å². The first-order chi connectivity index (χ1) is 15.4. The lowest BCUT2D eigenvalue weighted by molar-refractivity contribution is -0.124. The molecule has 1 fully saturated rings. The van der Waals surface area contributed by atoms with Crippen LogP contribution in [0.3, 0.4) is 0 Å². The van der Waals surface area contributed by atoms with Gasteiger partial charge >= 0.3 is 8.60 Å². The lowest BCUT2D eigenvalue weighted by Gasteiger charge is -2.25. The first-order valence-corrected chi connectivity index (χ1v) is 11.9. The number of hydrogen-bond donors (Lipinski definition) is 4. The van der Waals surface area contributed by atoms with E-state index in [1.165, 1.54) is 0 Å². The first-order valence-electron chi connectivity index (χ1n) is 10.7. The number of carbonyl (C=O) groups excluding carboxylic acids is 1. The summed E-state index contributed by atoms with van der Waals surface area (Å²) in [5.41, 5.74) is 2.24. The Kier molecular flexibility index (Phi) is 8.99. The van der Waals surface area contributed by atoms with Crippen molar-refractivity contribution in [1.82, 2.24) is 0 Å². The maximum atomic E-state index is 12.6. The minimum absolute atomic E-state index is 0.224. The highest BCUT2D eigenvalue weighted by Crippen LogP contribution is 2.31. The van der Waals surface area contributed by atoms with Crippen molar-refractivity contribution >= 4 is 20.2 Å². The zero-order valence-electron chi connectivity index (χ0n) is 18.0. The number of aliphatic hydroxyl groups excluding tert-OH is 2. The van der Waals surface area contributed by atoms with E-state index in [0.717, 1.165) is 24.0 Å². The summed E-state index contributed by atoms with van der Waals surface area (Å²) in [5, 5.41) is 20.4. The maximum Gasteiger partial charge on any atom is 0.391 e. The third-order valence-corrected chi connectivity index (χ3v) is 5.81. The second-order valence-electron chi connectivity index (χ2n) is 7.87. The number of benzene rings is 2. The van der Waals surface area contributed by atoms with Crippen LogP contribution in [0.2, 0.25) is 0 Å². The smallest absolute Gasteiger partial charge is 0.391 e. The summed E-state index contributed by atoms with van der Waals surface area (Å²) in [5.74, 6) is -0.0379. The molecule has 1 amide bonds. The third kappa shape index (κ3) is 6.48. The molecule has 8 nitrogen and oxygen atoms in total. The molecule has 0 spiro atoms. The predicted octanol–water partition coefficient (Wildman–Crippen LogP) is 3.18. The first kappa shape index (κ1) is 24.6. The van der Waals surface area contributed by atoms with E-state index < -0.39 is 20.8 Å². The van der Waals surface area contributed by atoms with Gasteiger partial charge in [-0.2, -0.15) is 0 Å². The molecular formula is C23H30NO7P. The highest BCUT2D eigenvalue weighted by Gasteiger charge is 2.39. The quantitative estimate of drug-likeness (QED) is 0.378. The summed E-state index contributed by atoms with van der Waals surface area (Å²) < 4.78 is 10.7. The summed E-state index contributed by atoms with van der Waals surface area (Å²) in [6.07, 6.45) is 1.30. The molecule has 0 bridgehead atoms. The molecular weight excluding hydrogens is 433 g/mol. The van der Waals surface area contributed by atoms with Crippen LogP contribution >= 0.6 is 8.60 Å². The molecule has 0 aromatic heterocycles. The molecule has 9 heteroatoms. The maximum absolute atomic E-state index is 12.6. The van der Waals surface area contributed by atoms with Gasteiger partial charge in [0.25, 0.3) is 5.91 Å². The van der Waals surface area contributed by atoms with Gasteiger partial charge in [0, 0.05) is 12.1 Å². The molecule has 2 aromatic rings. The molecule has 1 aliphatic heterocycles. The second-order valence-corrected chi connectivity index (χ2v) is 8.56. The van der Waals surface area contributed by atoms with Crippen molar-refractivity contribution in [1.29, 1.82) is 0 Å². The molecule has 32 heavy (non-hydrogen) atoms. The number of hydrogen-bond acceptors (Lipinski definition) is 7. The fourth-order valence-electron chi connectivity index (χ4n) is 3.81. The molecule has 1 aliphatic rings. The van der Waals surface area contributed by atoms with Crippen molar-refractivity contribution in [2.45, 2.75) is 57.5 Å². The summed E-state index contributed by atoms with van der Waals surface area (Å²) in [7, 11) is -2.49. The van der Waals surface area contributed by atoms with Crippen LogP contribution in [0.4, 0.5) is 5.69 Å². The van der Waals surface area contributed by atoms with Crippen LogP contribution in [-0.4, -0.2) is 44.7 Å². The Morgan fingerprint density at radius 2 is 1.94 bits per heavy atom. The molecule has 2 aromatic carbocycles. The van der Waals surface area contributed by atoms with Gasteiger partial charge in [0.1, 0.15) is 11.9 Å². The Labute approximate surface area is 189 Å². The predicted molar refractivity (Wildman–Crippen MR) is 121 cm³/mol. The van der Waals surface area contributed by atoms with Crippen LogP contribution < -0.4 is 9.42 Å². The summed E-state index contributed by atoms with van der Waals surface area (Å²) in [6.45, 7) is 2.54. The van der Waals surface area contributed by atoms with E-state index >= 15 is 0 Å². The standard InChI is InChI=1S/C23H30NO7P/c1-2-3-7-21(25)17-8-10-18(11-9-17)24-19(13-22(26)23(24)27)15-30-14-16-5-4-6-20(12-16)31-32(28)29/h4-6,8-12,19,21-22,25-26,28-29H,2-3,7,13-15H2,1H3. The van der Waals surface area contributed by atoms with Crippen molar-refractivity contribution < 1.29 is 34.1 Å². The number of carbonyl (C=O) groups is 1. The van der Waals surface area contributed by atoms with Crippen LogP contribution in [0.25, 0.3) is 0 Å². The number of ether oxygens (including phenoxy) is 1. The van der Waals surface area contributed by atoms with Crippen molar-refractivity contribution in [3.05, 3.63) is 59.7 Å². The van der Waals surface area contributed by atoms with Crippen molar-refractivity contribution in [3.8, 4) is 5.75 Å². The highest BCUT2D eigenvalue weighted by molar-refractivity contribution is 7.39. The molecule has 3 unspecified atom stereocenters. The Hall–Kier alpha value is -2.06. The topological polar surface area (TPSA) is 120 Å². The number of anilines is 1. The normalized spacial score (nSPS) is 19.6. The van der Waals surface area contributed by atoms with Gasteiger partial charge in [-0.05, 0) is 41.8 Å². The van der Waals surface area contributed by atoms with Gasteiger partial charge in [-0.1, -0.05) is 44.0 Å². The monoisotopic (exact) mass is 463 g/mol. The molecule has 3 atom stereocenters. The average molecular weight is 463 g/mol. The van der Waals surface area contributed by atoms with Crippen molar-refractivity contribution in [2.75, 3.05) is 11.5 Å². The van der Waals surface area contributed by atoms with E-state index in [1.54, 1.807) is 35.2 Å². The zero-order chi connectivity index (χ0) is 23.1. The van der Waals surface area contributed by atoms with Crippen LogP contribution in [0.1, 0.15) is 49.8 Å². The molecule has 4 N–H and O–H groups in total. The second kappa shape index (κ2) is 11.7. The minimum Gasteiger partial charge on any atom is -0.427 e. The molecule has 0 saturated carbocycles. The van der Waals surface area contributed by atoms with Gasteiger partial charge in [0.2, 0.25) is 0 Å². The zero-order valence-corrected chi connectivity index (χ0v) is 18.9. The SMILES string of the molecule is CCCCC(O)c1ccc(N2C(=O)C(O)CC2COCc2cccc(OP(O)O)c2)cc1. The molecule has 174 valence electrons. The van der Waals surface area contributed by atoms with Crippen LogP contribution in [0.5, 0.6) is 5.75 Å². The fraction of sp³-hybridized carbons (Fsp3) is 0.435. The van der Waals surface area contributed by atoms with Gasteiger partial charge in [0.05, 0.1) is 25.4 Å². The number of rotatable bonds is 11. The molecule has 1 heterocycles. The van der Waals surface area contributed by atoms with Crippen LogP contribution in [0.15, 0.2) is 48.5 Å². The van der Waals surface area contributed by atoms with Crippen molar-refractivity contribution in [3.63, 3.8) is 0 Å². The molecule has 0 radical (unpaired) electrons. The van der Waals surface area contributed by atoms with Gasteiger partial charge in [-0.3, -0.25) is 4.79 Å². The van der Waals surface area contributed by atoms with Gasteiger partial charge in [0.15, 0.2) is 0 Å². The summed E-state index contributed by atoms with van der Waals surface area (Å²) in [6, 6.07) is 13.7. The van der Waals surface area contributed by atoms with Gasteiger partial charge in [-0.25, -0.2) is 0 Å². The summed E-state index contributed by atoms with van der Waals surface area (Å²) >= 11 is 0. The highest BCUT2D eigenvalue weighted by atomic mass is 31.2. The van der Waals surface area contributed by atoms with Crippen LogP contribution in [0, 0.1) is 0 Å². The number of nitrogens with zero attached hydrogens (tertiary/aromatic N) is 1. The average Bonchev–Trinajstić information content (AvgIpc) is 3.05. The van der Waals surface area contributed by atoms with E-state index in [4.69, 9.17) is 19.0 Å². The van der Waals surface area contributed by atoms with Gasteiger partial charge in [-0.15, -0.1) is 0 Å². The number of aliphatic hydroxyl groups is 2. The fourth-order valence-corrected chi connectivity index (χ4v) is 4.11. The minimum atomic E-state index is -2.49. The van der Waals surface area contributed by atoms with Crippen LogP contribution in [-0.2, 0) is 16.1 Å². The molecule has 3 rings (SSSR count). The lowest BCUT2D eigenvalue weighted by Crippen LogP contribution is -2.37. The van der Waals surface area contributed by atoms with E-state index in [2.05, 4.69) is 6.92 Å². The summed E-state index contributed by atoms with van der Waals surface area (Å²) in [4.78, 5) is 32.1. The van der Waals surface area contributed by atoms with Crippen molar-refractivity contribution in [2.24, 2.45) is 0 Å². The Balaban J connectivity index is 1.62. The largest absolute Gasteiger partial charge is 0.427 e. The number of unbranched alkanes of at least 4 members (excludes halogenated alkanes) is 1. The number of amides is 1. The van der Waals surface area contributed by atoms with E-state index in [0.29, 0.717) is 17.9 Å². The lowest BCUT2D eigenvalue weighted by atomic mass is 10.0. The van der Waals surface area contributed by atoms with Gasteiger partial charge < -0.3 is 34.2 Å². The Morgan fingerprint density at radius 1 is 1.19 bits per heavy atom. The molecule has 1 saturated heterocycles. The Morgan fingerprint density at radius 3 is 2.62 bits per heavy atom. The third-order valence-electron chi connectivity index (χ3n) is 5.43. The molecule has 0 aliphatic carbocycles.